The second kappa shape index (κ2) is 11.3. The van der Waals surface area contributed by atoms with Crippen LogP contribution in [0, 0.1) is 13.8 Å². The van der Waals surface area contributed by atoms with E-state index in [9.17, 15) is 5.11 Å². The molecule has 1 atom stereocenters. The largest absolute Gasteiger partial charge is 0.493 e. The zero-order chi connectivity index (χ0) is 24.8. The van der Waals surface area contributed by atoms with E-state index in [0.29, 0.717) is 44.2 Å². The van der Waals surface area contributed by atoms with Crippen molar-refractivity contribution >= 4 is 11.6 Å². The van der Waals surface area contributed by atoms with E-state index < -0.39 is 5.60 Å². The Balaban J connectivity index is 1.36. The lowest BCUT2D eigenvalue weighted by Gasteiger charge is -2.39. The topological polar surface area (TPSA) is 81.9 Å². The average molecular weight is 501 g/mol. The van der Waals surface area contributed by atoms with Crippen molar-refractivity contribution in [1.29, 1.82) is 0 Å². The second-order valence-corrected chi connectivity index (χ2v) is 9.61. The number of likely N-dealkylation sites (tertiary alicyclic amines) is 1. The van der Waals surface area contributed by atoms with Gasteiger partial charge in [0.15, 0.2) is 11.5 Å². The Morgan fingerprint density at radius 1 is 1.06 bits per heavy atom. The minimum atomic E-state index is -0.912. The zero-order valence-corrected chi connectivity index (χ0v) is 21.3. The maximum Gasteiger partial charge on any atom is 0.161 e. The van der Waals surface area contributed by atoms with E-state index >= 15 is 0 Å². The number of ether oxygens (including phenoxy) is 3. The third kappa shape index (κ3) is 6.66. The van der Waals surface area contributed by atoms with Crippen LogP contribution in [-0.4, -0.2) is 63.8 Å². The molecule has 1 fully saturated rings. The van der Waals surface area contributed by atoms with Crippen LogP contribution in [0.4, 0.5) is 0 Å². The molecule has 0 spiro atoms. The van der Waals surface area contributed by atoms with Gasteiger partial charge >= 0.3 is 0 Å². The van der Waals surface area contributed by atoms with Crippen molar-refractivity contribution in [2.24, 2.45) is 0 Å². The fourth-order valence-electron chi connectivity index (χ4n) is 4.46. The van der Waals surface area contributed by atoms with Gasteiger partial charge in [-0.1, -0.05) is 17.7 Å². The summed E-state index contributed by atoms with van der Waals surface area (Å²) in [5.74, 6) is 2.12. The van der Waals surface area contributed by atoms with Crippen LogP contribution in [0.5, 0.6) is 17.2 Å². The van der Waals surface area contributed by atoms with Gasteiger partial charge in [-0.15, -0.1) is 10.2 Å². The van der Waals surface area contributed by atoms with Crippen LogP contribution in [0.3, 0.4) is 0 Å². The highest BCUT2D eigenvalue weighted by atomic mass is 35.5. The summed E-state index contributed by atoms with van der Waals surface area (Å²) in [5, 5.41) is 19.6. The molecular weight excluding hydrogens is 468 g/mol. The van der Waals surface area contributed by atoms with Gasteiger partial charge in [-0.2, -0.15) is 0 Å². The molecule has 8 nitrogen and oxygen atoms in total. The molecule has 1 aliphatic heterocycles. The molecule has 2 heterocycles. The predicted molar refractivity (Wildman–Crippen MR) is 134 cm³/mol. The molecule has 35 heavy (non-hydrogen) atoms. The van der Waals surface area contributed by atoms with Crippen LogP contribution in [0.15, 0.2) is 43.0 Å². The Morgan fingerprint density at radius 2 is 1.80 bits per heavy atom. The lowest BCUT2D eigenvalue weighted by Crippen LogP contribution is -2.51. The van der Waals surface area contributed by atoms with Gasteiger partial charge in [0, 0.05) is 18.1 Å². The van der Waals surface area contributed by atoms with Gasteiger partial charge in [0.25, 0.3) is 0 Å². The number of rotatable bonds is 10. The molecule has 0 bridgehead atoms. The second-order valence-electron chi connectivity index (χ2n) is 9.23. The lowest BCUT2D eigenvalue weighted by molar-refractivity contribution is -0.0621. The number of methoxy groups -OCH3 is 1. The van der Waals surface area contributed by atoms with Crippen molar-refractivity contribution < 1.29 is 19.3 Å². The van der Waals surface area contributed by atoms with Gasteiger partial charge < -0.3 is 23.9 Å². The number of piperidine rings is 1. The number of aromatic nitrogens is 3. The summed E-state index contributed by atoms with van der Waals surface area (Å²) in [7, 11) is 1.63. The Bertz CT molecular complexity index is 1100. The molecule has 1 saturated heterocycles. The first kappa shape index (κ1) is 25.3. The molecule has 4 rings (SSSR count). The van der Waals surface area contributed by atoms with Gasteiger partial charge in [-0.25, -0.2) is 0 Å². The number of nitrogens with zero attached hydrogens (tertiary/aromatic N) is 4. The normalized spacial score (nSPS) is 18.4. The Hall–Kier alpha value is -2.81. The molecule has 188 valence electrons. The summed E-state index contributed by atoms with van der Waals surface area (Å²) in [6, 6.07) is 9.81. The monoisotopic (exact) mass is 500 g/mol. The van der Waals surface area contributed by atoms with Crippen molar-refractivity contribution in [1.82, 2.24) is 19.7 Å². The highest BCUT2D eigenvalue weighted by Gasteiger charge is 2.34. The first-order chi connectivity index (χ1) is 16.8. The highest BCUT2D eigenvalue weighted by Crippen LogP contribution is 2.31. The quantitative estimate of drug-likeness (QED) is 0.450. The van der Waals surface area contributed by atoms with E-state index in [-0.39, 0.29) is 6.61 Å². The van der Waals surface area contributed by atoms with Gasteiger partial charge in [0.2, 0.25) is 0 Å². The van der Waals surface area contributed by atoms with Crippen molar-refractivity contribution in [3.05, 3.63) is 64.7 Å². The maximum atomic E-state index is 11.3. The molecule has 1 aliphatic rings. The summed E-state index contributed by atoms with van der Waals surface area (Å²) in [6.07, 6.45) is 4.92. The van der Waals surface area contributed by atoms with Gasteiger partial charge in [0.1, 0.15) is 37.2 Å². The fraction of sp³-hybridized carbons (Fsp3) is 0.462. The summed E-state index contributed by atoms with van der Waals surface area (Å²) < 4.78 is 19.3. The Labute approximate surface area is 211 Å². The molecule has 3 aromatic rings. The Morgan fingerprint density at radius 3 is 2.51 bits per heavy atom. The minimum Gasteiger partial charge on any atom is -0.493 e. The van der Waals surface area contributed by atoms with Crippen molar-refractivity contribution in [3.8, 4) is 17.2 Å². The summed E-state index contributed by atoms with van der Waals surface area (Å²) in [4.78, 5) is 2.26. The van der Waals surface area contributed by atoms with E-state index in [2.05, 4.69) is 15.1 Å². The van der Waals surface area contributed by atoms with Crippen LogP contribution >= 0.6 is 11.6 Å². The van der Waals surface area contributed by atoms with Crippen LogP contribution in [0.2, 0.25) is 5.02 Å². The number of aryl methyl sites for hydroxylation is 2. The lowest BCUT2D eigenvalue weighted by atomic mass is 9.93. The van der Waals surface area contributed by atoms with E-state index in [4.69, 9.17) is 25.8 Å². The summed E-state index contributed by atoms with van der Waals surface area (Å²) in [6.45, 7) is 7.43. The third-order valence-electron chi connectivity index (χ3n) is 6.26. The fourth-order valence-corrected chi connectivity index (χ4v) is 4.56. The van der Waals surface area contributed by atoms with Crippen molar-refractivity contribution in [3.63, 3.8) is 0 Å². The number of β-amino-alcohol motifs (C(OH)–C–C–N with tert-alkyl or cyclic N) is 1. The number of hydrogen-bond donors (Lipinski definition) is 1. The molecule has 9 heteroatoms. The molecule has 0 aliphatic carbocycles. The van der Waals surface area contributed by atoms with Crippen molar-refractivity contribution in [2.75, 3.05) is 33.4 Å². The van der Waals surface area contributed by atoms with E-state index in [1.54, 1.807) is 19.8 Å². The van der Waals surface area contributed by atoms with Crippen LogP contribution < -0.4 is 14.2 Å². The van der Waals surface area contributed by atoms with Gasteiger partial charge in [-0.05, 0) is 74.2 Å². The molecule has 1 unspecified atom stereocenters. The molecule has 0 amide bonds. The molecule has 2 aromatic carbocycles. The average Bonchev–Trinajstić information content (AvgIpc) is 3.35. The molecular formula is C26H33ClN4O4. The first-order valence-corrected chi connectivity index (χ1v) is 12.2. The van der Waals surface area contributed by atoms with Crippen LogP contribution in [-0.2, 0) is 13.1 Å². The van der Waals surface area contributed by atoms with Gasteiger partial charge in [-0.3, -0.25) is 4.90 Å². The zero-order valence-electron chi connectivity index (χ0n) is 20.5. The SMILES string of the molecule is COc1ccc(CN2CCCC(O)(COc3cc(C)c(Cl)c(C)c3)C2)cc1OCCn1cnnc1. The van der Waals surface area contributed by atoms with Crippen molar-refractivity contribution in [2.45, 2.75) is 45.4 Å². The van der Waals surface area contributed by atoms with Crippen LogP contribution in [0.25, 0.3) is 0 Å². The van der Waals surface area contributed by atoms with E-state index in [1.807, 2.05) is 48.7 Å². The van der Waals surface area contributed by atoms with E-state index in [0.717, 1.165) is 40.4 Å². The Kier molecular flexibility index (Phi) is 8.15. The minimum absolute atomic E-state index is 0.240. The molecule has 0 radical (unpaired) electrons. The molecule has 1 aromatic heterocycles. The molecule has 1 N–H and O–H groups in total. The van der Waals surface area contributed by atoms with Gasteiger partial charge in [0.05, 0.1) is 13.7 Å². The first-order valence-electron chi connectivity index (χ1n) is 11.8. The maximum absolute atomic E-state index is 11.3. The highest BCUT2D eigenvalue weighted by molar-refractivity contribution is 6.32. The smallest absolute Gasteiger partial charge is 0.161 e. The molecule has 0 saturated carbocycles. The standard InChI is InChI=1S/C26H33ClN4O4/c1-19-11-22(12-20(2)25(19)27)35-16-26(32)7-4-8-30(15-26)14-21-5-6-23(33-3)24(13-21)34-10-9-31-17-28-29-18-31/h5-6,11-13,17-18,32H,4,7-10,14-16H2,1-3H3. The summed E-state index contributed by atoms with van der Waals surface area (Å²) >= 11 is 6.27. The number of benzene rings is 2. The van der Waals surface area contributed by atoms with E-state index in [1.165, 1.54) is 0 Å². The summed E-state index contributed by atoms with van der Waals surface area (Å²) in [5.41, 5.74) is 2.13. The number of hydrogen-bond acceptors (Lipinski definition) is 7. The number of halogens is 1. The number of aliphatic hydroxyl groups is 1. The third-order valence-corrected chi connectivity index (χ3v) is 6.86. The predicted octanol–water partition coefficient (Wildman–Crippen LogP) is 4.04. The van der Waals surface area contributed by atoms with Crippen LogP contribution in [0.1, 0.15) is 29.5 Å².